The van der Waals surface area contributed by atoms with Crippen LogP contribution in [0.2, 0.25) is 0 Å². The lowest BCUT2D eigenvalue weighted by atomic mass is 9.76. The lowest BCUT2D eigenvalue weighted by Crippen LogP contribution is -2.54. The first kappa shape index (κ1) is 32.6. The van der Waals surface area contributed by atoms with Crippen LogP contribution in [-0.4, -0.2) is 23.9 Å². The van der Waals surface area contributed by atoms with Crippen LogP contribution in [0.3, 0.4) is 0 Å². The van der Waals surface area contributed by atoms with E-state index < -0.39 is 5.41 Å². The highest BCUT2D eigenvalue weighted by molar-refractivity contribution is 6.08. The van der Waals surface area contributed by atoms with Crippen LogP contribution in [0.5, 0.6) is 0 Å². The summed E-state index contributed by atoms with van der Waals surface area (Å²) >= 11 is 0. The topological polar surface area (TPSA) is 58.2 Å². The van der Waals surface area contributed by atoms with E-state index in [-0.39, 0.29) is 23.9 Å². The number of carbonyl (C=O) groups excluding carboxylic acids is 2. The fourth-order valence-electron chi connectivity index (χ4n) is 7.17. The first-order valence-corrected chi connectivity index (χ1v) is 17.7. The molecule has 0 atom stereocenters. The molecule has 3 aliphatic carbocycles. The van der Waals surface area contributed by atoms with Crippen LogP contribution in [0.15, 0.2) is 48.6 Å². The monoisotopic (exact) mass is 574 g/mol. The van der Waals surface area contributed by atoms with Crippen LogP contribution in [0.1, 0.15) is 153 Å². The molecular weight excluding hydrogens is 516 g/mol. The molecule has 4 rings (SSSR count). The quantitative estimate of drug-likeness (QED) is 0.344. The van der Waals surface area contributed by atoms with Gasteiger partial charge in [0, 0.05) is 12.1 Å². The van der Waals surface area contributed by atoms with Crippen molar-refractivity contribution < 1.29 is 9.59 Å². The third kappa shape index (κ3) is 10.4. The molecule has 0 unspecified atom stereocenters. The first-order chi connectivity index (χ1) is 20.7. The summed E-state index contributed by atoms with van der Waals surface area (Å²) in [6.45, 7) is 0. The number of carbonyl (C=O) groups is 2. The van der Waals surface area contributed by atoms with Gasteiger partial charge in [-0.2, -0.15) is 0 Å². The molecule has 0 spiro atoms. The fourth-order valence-corrected chi connectivity index (χ4v) is 7.17. The summed E-state index contributed by atoms with van der Waals surface area (Å²) in [5, 5.41) is 6.86. The smallest absolute Gasteiger partial charge is 0.240 e. The highest BCUT2D eigenvalue weighted by Crippen LogP contribution is 2.35. The Morgan fingerprint density at radius 1 is 0.548 bits per heavy atom. The van der Waals surface area contributed by atoms with Crippen molar-refractivity contribution in [3.63, 3.8) is 0 Å². The zero-order chi connectivity index (χ0) is 29.3. The summed E-state index contributed by atoms with van der Waals surface area (Å²) in [5.41, 5.74) is 1.02. The minimum atomic E-state index is -1.19. The Balaban J connectivity index is 1.49. The van der Waals surface area contributed by atoms with Gasteiger partial charge in [-0.15, -0.1) is 0 Å². The summed E-state index contributed by atoms with van der Waals surface area (Å²) < 4.78 is 0. The maximum Gasteiger partial charge on any atom is 0.240 e. The van der Waals surface area contributed by atoms with E-state index in [0.29, 0.717) is 6.42 Å². The standard InChI is InChI=1S/C38H58N2O2/c41-36(39-34-24-18-11-7-3-1-4-8-12-19-25-34)38(30-28-33(29-31-38)32-22-16-15-17-23-32)37(42)40-35-26-20-13-9-5-2-6-10-14-21-27-35/h15-17,22-23,28-30,34-35H,1-14,18-21,24-27,31H2,(H,39,41)(H,40,42). The Morgan fingerprint density at radius 3 is 1.29 bits per heavy atom. The van der Waals surface area contributed by atoms with Gasteiger partial charge >= 0.3 is 0 Å². The van der Waals surface area contributed by atoms with Gasteiger partial charge in [-0.05, 0) is 43.2 Å². The van der Waals surface area contributed by atoms with Crippen LogP contribution < -0.4 is 10.6 Å². The molecule has 0 bridgehead atoms. The third-order valence-corrected chi connectivity index (χ3v) is 9.99. The highest BCUT2D eigenvalue weighted by Gasteiger charge is 2.45. The molecule has 2 N–H and O–H groups in total. The maximum absolute atomic E-state index is 14.2. The molecule has 1 aromatic carbocycles. The van der Waals surface area contributed by atoms with Crippen molar-refractivity contribution in [2.24, 2.45) is 5.41 Å². The Labute approximate surface area is 256 Å². The molecule has 3 aliphatic rings. The number of nitrogens with one attached hydrogen (secondary N) is 2. The summed E-state index contributed by atoms with van der Waals surface area (Å²) in [7, 11) is 0. The van der Waals surface area contributed by atoms with Gasteiger partial charge in [0.05, 0.1) is 0 Å². The molecule has 232 valence electrons. The molecule has 0 aromatic heterocycles. The summed E-state index contributed by atoms with van der Waals surface area (Å²) in [5.74, 6) is -0.213. The van der Waals surface area contributed by atoms with Gasteiger partial charge in [-0.3, -0.25) is 9.59 Å². The van der Waals surface area contributed by atoms with Gasteiger partial charge in [-0.1, -0.05) is 164 Å². The molecule has 0 heterocycles. The predicted molar refractivity (Wildman–Crippen MR) is 176 cm³/mol. The molecule has 4 nitrogen and oxygen atoms in total. The van der Waals surface area contributed by atoms with E-state index in [4.69, 9.17) is 0 Å². The van der Waals surface area contributed by atoms with Crippen LogP contribution in [0, 0.1) is 5.41 Å². The average molecular weight is 575 g/mol. The number of amides is 2. The second-order valence-electron chi connectivity index (χ2n) is 13.4. The normalized spacial score (nSPS) is 22.7. The van der Waals surface area contributed by atoms with Crippen molar-refractivity contribution in [1.82, 2.24) is 10.6 Å². The number of hydrogen-bond acceptors (Lipinski definition) is 2. The van der Waals surface area contributed by atoms with Crippen LogP contribution in [-0.2, 0) is 9.59 Å². The Bertz CT molecular complexity index is 930. The number of allylic oxidation sites excluding steroid dienone is 3. The first-order valence-electron chi connectivity index (χ1n) is 17.7. The van der Waals surface area contributed by atoms with E-state index in [2.05, 4.69) is 28.8 Å². The highest BCUT2D eigenvalue weighted by atomic mass is 16.2. The van der Waals surface area contributed by atoms with E-state index in [1.807, 2.05) is 30.4 Å². The number of hydrogen-bond donors (Lipinski definition) is 2. The van der Waals surface area contributed by atoms with Gasteiger partial charge in [0.1, 0.15) is 5.41 Å². The molecule has 42 heavy (non-hydrogen) atoms. The van der Waals surface area contributed by atoms with Gasteiger partial charge in [0.2, 0.25) is 11.8 Å². The van der Waals surface area contributed by atoms with Gasteiger partial charge in [0.15, 0.2) is 0 Å². The lowest BCUT2D eigenvalue weighted by molar-refractivity contribution is -0.141. The van der Waals surface area contributed by atoms with Gasteiger partial charge in [0.25, 0.3) is 0 Å². The molecular formula is C38H58N2O2. The molecule has 2 saturated carbocycles. The SMILES string of the molecule is O=C(NC1CCCCCCCCCCC1)C1(C(=O)NC2CCCCCCCCCCC2)C=CC(c2ccccc2)=CC1. The van der Waals surface area contributed by atoms with E-state index in [9.17, 15) is 9.59 Å². The zero-order valence-corrected chi connectivity index (χ0v) is 26.4. The van der Waals surface area contributed by atoms with Crippen molar-refractivity contribution in [1.29, 1.82) is 0 Å². The third-order valence-electron chi connectivity index (χ3n) is 9.99. The Morgan fingerprint density at radius 2 is 0.929 bits per heavy atom. The van der Waals surface area contributed by atoms with Crippen LogP contribution in [0.25, 0.3) is 5.57 Å². The second-order valence-corrected chi connectivity index (χ2v) is 13.4. The van der Waals surface area contributed by atoms with Crippen molar-refractivity contribution in [2.45, 2.75) is 160 Å². The zero-order valence-electron chi connectivity index (χ0n) is 26.4. The number of rotatable bonds is 5. The minimum absolute atomic E-state index is 0.107. The molecule has 0 radical (unpaired) electrons. The van der Waals surface area contributed by atoms with E-state index >= 15 is 0 Å². The Hall–Kier alpha value is -2.36. The molecule has 2 amide bonds. The summed E-state index contributed by atoms with van der Waals surface area (Å²) in [6.07, 6.45) is 33.3. The summed E-state index contributed by atoms with van der Waals surface area (Å²) in [4.78, 5) is 28.5. The maximum atomic E-state index is 14.2. The Kier molecular flexibility index (Phi) is 14.2. The van der Waals surface area contributed by atoms with E-state index in [1.165, 1.54) is 89.9 Å². The van der Waals surface area contributed by atoms with Gasteiger partial charge < -0.3 is 10.6 Å². The van der Waals surface area contributed by atoms with Crippen LogP contribution >= 0.6 is 0 Å². The van der Waals surface area contributed by atoms with Crippen molar-refractivity contribution in [2.75, 3.05) is 0 Å². The minimum Gasteiger partial charge on any atom is -0.352 e. The largest absolute Gasteiger partial charge is 0.352 e. The van der Waals surface area contributed by atoms with Crippen molar-refractivity contribution in [3.05, 3.63) is 54.1 Å². The molecule has 4 heteroatoms. The van der Waals surface area contributed by atoms with Crippen molar-refractivity contribution >= 4 is 17.4 Å². The van der Waals surface area contributed by atoms with E-state index in [1.54, 1.807) is 0 Å². The van der Waals surface area contributed by atoms with Crippen molar-refractivity contribution in [3.8, 4) is 0 Å². The fraction of sp³-hybridized carbons (Fsp3) is 0.684. The molecule has 2 fully saturated rings. The van der Waals surface area contributed by atoms with E-state index in [0.717, 1.165) is 62.5 Å². The summed E-state index contributed by atoms with van der Waals surface area (Å²) in [6, 6.07) is 10.6. The lowest BCUT2D eigenvalue weighted by Gasteiger charge is -2.34. The van der Waals surface area contributed by atoms with Gasteiger partial charge in [-0.25, -0.2) is 0 Å². The average Bonchev–Trinajstić information content (AvgIpc) is 3.00. The molecule has 0 saturated heterocycles. The number of benzene rings is 1. The van der Waals surface area contributed by atoms with Crippen LogP contribution in [0.4, 0.5) is 0 Å². The molecule has 0 aliphatic heterocycles. The second kappa shape index (κ2) is 18.3. The molecule has 1 aromatic rings. The predicted octanol–water partition coefficient (Wildman–Crippen LogP) is 9.60.